The van der Waals surface area contributed by atoms with E-state index in [4.69, 9.17) is 4.74 Å². The molecule has 2 aromatic rings. The summed E-state index contributed by atoms with van der Waals surface area (Å²) < 4.78 is 7.17. The summed E-state index contributed by atoms with van der Waals surface area (Å²) in [6.07, 6.45) is 0.487. The second kappa shape index (κ2) is 7.62. The lowest BCUT2D eigenvalue weighted by molar-refractivity contribution is -0.133. The zero-order chi connectivity index (χ0) is 19.6. The van der Waals surface area contributed by atoms with Crippen molar-refractivity contribution in [3.63, 3.8) is 0 Å². The van der Waals surface area contributed by atoms with Crippen molar-refractivity contribution in [2.75, 3.05) is 31.6 Å². The summed E-state index contributed by atoms with van der Waals surface area (Å²) >= 11 is 0. The molecule has 1 saturated heterocycles. The summed E-state index contributed by atoms with van der Waals surface area (Å²) in [5, 5.41) is 4.45. The molecule has 1 aromatic carbocycles. The first-order chi connectivity index (χ1) is 12.8. The van der Waals surface area contributed by atoms with Crippen molar-refractivity contribution in [3.05, 3.63) is 41.7 Å². The molecule has 1 aliphatic rings. The number of hydrogen-bond donors (Lipinski definition) is 0. The van der Waals surface area contributed by atoms with E-state index in [-0.39, 0.29) is 11.4 Å². The first kappa shape index (κ1) is 19.3. The maximum absolute atomic E-state index is 12.8. The number of methoxy groups -OCH3 is 1. The van der Waals surface area contributed by atoms with E-state index < -0.39 is 0 Å². The summed E-state index contributed by atoms with van der Waals surface area (Å²) in [4.78, 5) is 17.1. The molecule has 0 spiro atoms. The minimum atomic E-state index is -0.124. The van der Waals surface area contributed by atoms with E-state index in [1.807, 2.05) is 41.6 Å². The number of nitrogens with zero attached hydrogens (tertiary/aromatic N) is 4. The number of hydrogen-bond acceptors (Lipinski definition) is 4. The van der Waals surface area contributed by atoms with E-state index in [2.05, 4.69) is 36.0 Å². The lowest BCUT2D eigenvalue weighted by Crippen LogP contribution is -2.60. The summed E-state index contributed by atoms with van der Waals surface area (Å²) in [6.45, 7) is 11.3. The highest BCUT2D eigenvalue weighted by Gasteiger charge is 2.35. The van der Waals surface area contributed by atoms with Crippen LogP contribution in [0.4, 0.5) is 5.69 Å². The molecule has 0 bridgehead atoms. The molecular formula is C21H30N4O2. The monoisotopic (exact) mass is 370 g/mol. The molecule has 3 rings (SSSR count). The van der Waals surface area contributed by atoms with Crippen LogP contribution in [0.15, 0.2) is 30.3 Å². The van der Waals surface area contributed by atoms with Gasteiger partial charge in [0.1, 0.15) is 5.75 Å². The molecule has 2 heterocycles. The molecule has 0 aliphatic carbocycles. The minimum absolute atomic E-state index is 0.124. The average molecular weight is 370 g/mol. The molecule has 146 valence electrons. The van der Waals surface area contributed by atoms with E-state index >= 15 is 0 Å². The van der Waals surface area contributed by atoms with Crippen LogP contribution in [0.25, 0.3) is 0 Å². The van der Waals surface area contributed by atoms with Gasteiger partial charge >= 0.3 is 0 Å². The van der Waals surface area contributed by atoms with Gasteiger partial charge in [0.25, 0.3) is 0 Å². The van der Waals surface area contributed by atoms with Crippen LogP contribution in [0, 0.1) is 13.8 Å². The third-order valence-corrected chi connectivity index (χ3v) is 5.28. The third-order valence-electron chi connectivity index (χ3n) is 5.28. The molecule has 6 heteroatoms. The van der Waals surface area contributed by atoms with Gasteiger partial charge in [-0.05, 0) is 58.0 Å². The van der Waals surface area contributed by atoms with Crippen molar-refractivity contribution < 1.29 is 9.53 Å². The van der Waals surface area contributed by atoms with Crippen LogP contribution in [-0.4, -0.2) is 52.9 Å². The summed E-state index contributed by atoms with van der Waals surface area (Å²) in [6, 6.07) is 10.2. The Morgan fingerprint density at radius 3 is 2.44 bits per heavy atom. The largest absolute Gasteiger partial charge is 0.497 e. The Labute approximate surface area is 161 Å². The lowest BCUT2D eigenvalue weighted by Gasteiger charge is -2.48. The van der Waals surface area contributed by atoms with Gasteiger partial charge in [0.05, 0.1) is 18.3 Å². The van der Waals surface area contributed by atoms with Gasteiger partial charge in [-0.25, -0.2) is 0 Å². The van der Waals surface area contributed by atoms with Gasteiger partial charge in [-0.15, -0.1) is 0 Å². The molecule has 0 unspecified atom stereocenters. The van der Waals surface area contributed by atoms with Crippen molar-refractivity contribution in [2.45, 2.75) is 46.2 Å². The maximum atomic E-state index is 12.8. The summed E-state index contributed by atoms with van der Waals surface area (Å²) in [5.41, 5.74) is 3.13. The molecule has 1 aromatic heterocycles. The number of aromatic nitrogens is 2. The summed E-state index contributed by atoms with van der Waals surface area (Å²) in [7, 11) is 1.68. The fourth-order valence-electron chi connectivity index (χ4n) is 3.87. The van der Waals surface area contributed by atoms with E-state index in [9.17, 15) is 4.79 Å². The SMILES string of the molecule is COc1ccc(N2CCN(C(=O)CCn3nc(C)cc3C)CC2(C)C)cc1. The molecule has 1 fully saturated rings. The quantitative estimate of drug-likeness (QED) is 0.812. The van der Waals surface area contributed by atoms with Gasteiger partial charge in [0, 0.05) is 44.0 Å². The van der Waals surface area contributed by atoms with E-state index in [1.54, 1.807) is 7.11 Å². The molecule has 0 saturated carbocycles. The highest BCUT2D eigenvalue weighted by Crippen LogP contribution is 2.29. The molecule has 0 radical (unpaired) electrons. The van der Waals surface area contributed by atoms with Crippen molar-refractivity contribution in [1.29, 1.82) is 0 Å². The number of piperazine rings is 1. The molecule has 27 heavy (non-hydrogen) atoms. The van der Waals surface area contributed by atoms with Crippen LogP contribution in [0.3, 0.4) is 0 Å². The number of amides is 1. The number of rotatable bonds is 5. The van der Waals surface area contributed by atoms with Crippen molar-refractivity contribution in [3.8, 4) is 5.75 Å². The second-order valence-electron chi connectivity index (χ2n) is 7.88. The van der Waals surface area contributed by atoms with Gasteiger partial charge < -0.3 is 14.5 Å². The van der Waals surface area contributed by atoms with Crippen LogP contribution >= 0.6 is 0 Å². The molecule has 6 nitrogen and oxygen atoms in total. The highest BCUT2D eigenvalue weighted by atomic mass is 16.5. The van der Waals surface area contributed by atoms with Gasteiger partial charge in [0.15, 0.2) is 0 Å². The van der Waals surface area contributed by atoms with Crippen LogP contribution in [0.5, 0.6) is 5.75 Å². The van der Waals surface area contributed by atoms with Gasteiger partial charge in [-0.2, -0.15) is 5.10 Å². The van der Waals surface area contributed by atoms with Crippen molar-refractivity contribution in [2.24, 2.45) is 0 Å². The molecule has 0 atom stereocenters. The fraction of sp³-hybridized carbons (Fsp3) is 0.524. The molecular weight excluding hydrogens is 340 g/mol. The number of benzene rings is 1. The molecule has 1 amide bonds. The van der Waals surface area contributed by atoms with E-state index in [1.165, 1.54) is 0 Å². The average Bonchev–Trinajstić information content (AvgIpc) is 2.96. The predicted octanol–water partition coefficient (Wildman–Crippen LogP) is 3.03. The Morgan fingerprint density at radius 2 is 1.89 bits per heavy atom. The minimum Gasteiger partial charge on any atom is -0.497 e. The number of carbonyl (C=O) groups is 1. The van der Waals surface area contributed by atoms with Crippen LogP contribution in [0.1, 0.15) is 31.7 Å². The Morgan fingerprint density at radius 1 is 1.19 bits per heavy atom. The van der Waals surface area contributed by atoms with Gasteiger partial charge in [0.2, 0.25) is 5.91 Å². The zero-order valence-electron chi connectivity index (χ0n) is 17.0. The Hall–Kier alpha value is -2.50. The topological polar surface area (TPSA) is 50.6 Å². The number of carbonyl (C=O) groups excluding carboxylic acids is 1. The van der Waals surface area contributed by atoms with E-state index in [0.717, 1.165) is 42.5 Å². The van der Waals surface area contributed by atoms with E-state index in [0.29, 0.717) is 13.0 Å². The Kier molecular flexibility index (Phi) is 5.44. The smallest absolute Gasteiger partial charge is 0.224 e. The first-order valence-corrected chi connectivity index (χ1v) is 9.51. The molecule has 1 aliphatic heterocycles. The van der Waals surface area contributed by atoms with Crippen LogP contribution < -0.4 is 9.64 Å². The van der Waals surface area contributed by atoms with Crippen LogP contribution in [0.2, 0.25) is 0 Å². The number of ether oxygens (including phenoxy) is 1. The maximum Gasteiger partial charge on any atom is 0.224 e. The highest BCUT2D eigenvalue weighted by molar-refractivity contribution is 5.76. The van der Waals surface area contributed by atoms with Gasteiger partial charge in [-0.1, -0.05) is 0 Å². The van der Waals surface area contributed by atoms with Crippen molar-refractivity contribution >= 4 is 11.6 Å². The second-order valence-corrected chi connectivity index (χ2v) is 7.88. The first-order valence-electron chi connectivity index (χ1n) is 9.51. The van der Waals surface area contributed by atoms with Crippen molar-refractivity contribution in [1.82, 2.24) is 14.7 Å². The lowest BCUT2D eigenvalue weighted by atomic mass is 9.97. The predicted molar refractivity (Wildman–Crippen MR) is 107 cm³/mol. The Balaban J connectivity index is 1.61. The van der Waals surface area contributed by atoms with Crippen LogP contribution in [-0.2, 0) is 11.3 Å². The fourth-order valence-corrected chi connectivity index (χ4v) is 3.87. The van der Waals surface area contributed by atoms with Gasteiger partial charge in [-0.3, -0.25) is 9.48 Å². The Bertz CT molecular complexity index is 795. The number of anilines is 1. The number of aryl methyl sites for hydroxylation is 3. The zero-order valence-corrected chi connectivity index (χ0v) is 17.0. The normalized spacial score (nSPS) is 16.5. The molecule has 0 N–H and O–H groups in total. The summed E-state index contributed by atoms with van der Waals surface area (Å²) in [5.74, 6) is 1.06. The standard InChI is InChI=1S/C21H30N4O2/c1-16-14-17(2)25(22-16)11-10-20(26)23-12-13-24(21(3,4)15-23)18-6-8-19(27-5)9-7-18/h6-9,14H,10-13,15H2,1-5H3. The third kappa shape index (κ3) is 4.26.